The lowest BCUT2D eigenvalue weighted by Gasteiger charge is -2.18. The zero-order valence-corrected chi connectivity index (χ0v) is 25.2. The number of Topliss-reactive ketones (excluding diaryl/α,β-unsaturated/α-hetero) is 1. The number of thiazole rings is 1. The number of aromatic nitrogens is 2. The maximum atomic E-state index is 13.5. The fourth-order valence-electron chi connectivity index (χ4n) is 5.41. The van der Waals surface area contributed by atoms with E-state index >= 15 is 0 Å². The molecule has 6 rings (SSSR count). The quantitative estimate of drug-likeness (QED) is 0.157. The second-order valence-corrected chi connectivity index (χ2v) is 12.1. The van der Waals surface area contributed by atoms with Gasteiger partial charge in [0.05, 0.1) is 27.0 Å². The lowest BCUT2D eigenvalue weighted by molar-refractivity contribution is -0.143. The molecule has 0 saturated heterocycles. The van der Waals surface area contributed by atoms with E-state index in [2.05, 4.69) is 5.32 Å². The van der Waals surface area contributed by atoms with E-state index in [0.29, 0.717) is 17.8 Å². The number of benzene rings is 4. The Morgan fingerprint density at radius 1 is 0.787 bits per heavy atom. The third kappa shape index (κ3) is 7.38. The van der Waals surface area contributed by atoms with Crippen LogP contribution in [0.25, 0.3) is 26.4 Å². The number of halogens is 6. The Morgan fingerprint density at radius 3 is 2.09 bits per heavy atom. The summed E-state index contributed by atoms with van der Waals surface area (Å²) in [6.07, 6.45) is -9.09. The van der Waals surface area contributed by atoms with Gasteiger partial charge in [0, 0.05) is 36.2 Å². The minimum atomic E-state index is -5.04. The highest BCUT2D eigenvalue weighted by molar-refractivity contribution is 7.23. The van der Waals surface area contributed by atoms with Crippen LogP contribution in [0.2, 0.25) is 0 Å². The van der Waals surface area contributed by atoms with Crippen molar-refractivity contribution in [3.63, 3.8) is 0 Å². The number of nitrogens with zero attached hydrogens (tertiary/aromatic N) is 2. The molecular formula is C35H25F6N3O2S. The number of ketones is 1. The van der Waals surface area contributed by atoms with Crippen LogP contribution in [0.4, 0.5) is 32.0 Å². The second-order valence-electron chi connectivity index (χ2n) is 11.1. The maximum Gasteiger partial charge on any atom is 0.416 e. The molecule has 1 amide bonds. The lowest BCUT2D eigenvalue weighted by atomic mass is 9.90. The number of hydrogen-bond acceptors (Lipinski definition) is 4. The van der Waals surface area contributed by atoms with Crippen molar-refractivity contribution in [2.75, 3.05) is 5.32 Å². The van der Waals surface area contributed by atoms with Gasteiger partial charge < -0.3 is 5.32 Å². The van der Waals surface area contributed by atoms with Crippen molar-refractivity contribution in [2.45, 2.75) is 31.6 Å². The molecule has 2 aromatic heterocycles. The molecule has 0 bridgehead atoms. The Bertz CT molecular complexity index is 2030. The molecule has 6 aromatic rings. The van der Waals surface area contributed by atoms with Gasteiger partial charge in [-0.1, -0.05) is 65.9 Å². The number of para-hydroxylation sites is 1. The molecule has 0 radical (unpaired) electrons. The minimum absolute atomic E-state index is 0.0163. The summed E-state index contributed by atoms with van der Waals surface area (Å²) < 4.78 is 83.2. The SMILES string of the molecule is O=C(Cc1cc(C(F)(F)F)cc(C(F)(F)F)c1)C[C@@H](Cc1ccccc1)C(=O)Nc1ccc(-c2cn3c(n2)sc2ccccc23)cc1. The van der Waals surface area contributed by atoms with Crippen LogP contribution in [-0.4, -0.2) is 21.1 Å². The molecular weight excluding hydrogens is 640 g/mol. The van der Waals surface area contributed by atoms with Gasteiger partial charge in [-0.2, -0.15) is 26.3 Å². The smallest absolute Gasteiger partial charge is 0.326 e. The van der Waals surface area contributed by atoms with Crippen molar-refractivity contribution in [3.05, 3.63) is 126 Å². The Labute approximate surface area is 268 Å². The number of carbonyl (C=O) groups is 2. The van der Waals surface area contributed by atoms with Gasteiger partial charge in [-0.3, -0.25) is 14.0 Å². The molecule has 0 saturated carbocycles. The van der Waals surface area contributed by atoms with Crippen LogP contribution in [0.3, 0.4) is 0 Å². The summed E-state index contributed by atoms with van der Waals surface area (Å²) in [6.45, 7) is 0. The molecule has 0 aliphatic carbocycles. The molecule has 2 heterocycles. The lowest BCUT2D eigenvalue weighted by Crippen LogP contribution is -2.27. The van der Waals surface area contributed by atoms with Crippen molar-refractivity contribution in [1.82, 2.24) is 9.38 Å². The highest BCUT2D eigenvalue weighted by Crippen LogP contribution is 2.37. The summed E-state index contributed by atoms with van der Waals surface area (Å²) in [6, 6.07) is 24.9. The summed E-state index contributed by atoms with van der Waals surface area (Å²) in [5.41, 5.74) is 0.363. The summed E-state index contributed by atoms with van der Waals surface area (Å²) in [5.74, 6) is -2.12. The number of hydrogen-bond donors (Lipinski definition) is 1. The van der Waals surface area contributed by atoms with Gasteiger partial charge in [0.2, 0.25) is 5.91 Å². The van der Waals surface area contributed by atoms with E-state index in [0.717, 1.165) is 32.0 Å². The molecule has 0 unspecified atom stereocenters. The average molecular weight is 666 g/mol. The number of amides is 1. The molecule has 240 valence electrons. The molecule has 0 aliphatic heterocycles. The summed E-state index contributed by atoms with van der Waals surface area (Å²) >= 11 is 1.57. The fourth-order valence-corrected chi connectivity index (χ4v) is 6.42. The number of fused-ring (bicyclic) bond motifs is 3. The minimum Gasteiger partial charge on any atom is -0.326 e. The second kappa shape index (κ2) is 12.7. The van der Waals surface area contributed by atoms with Crippen molar-refractivity contribution in [3.8, 4) is 11.3 Å². The molecule has 0 aliphatic rings. The molecule has 1 N–H and O–H groups in total. The molecule has 0 fully saturated rings. The van der Waals surface area contributed by atoms with E-state index in [1.54, 1.807) is 65.9 Å². The first-order valence-corrected chi connectivity index (χ1v) is 15.3. The Kier molecular flexibility index (Phi) is 8.63. The number of rotatable bonds is 9. The van der Waals surface area contributed by atoms with Crippen LogP contribution in [0.1, 0.15) is 28.7 Å². The predicted molar refractivity (Wildman–Crippen MR) is 168 cm³/mol. The van der Waals surface area contributed by atoms with Crippen LogP contribution < -0.4 is 5.32 Å². The number of anilines is 1. The molecule has 47 heavy (non-hydrogen) atoms. The van der Waals surface area contributed by atoms with E-state index in [-0.39, 0.29) is 12.5 Å². The van der Waals surface area contributed by atoms with Gasteiger partial charge in [0.15, 0.2) is 4.96 Å². The van der Waals surface area contributed by atoms with E-state index in [1.165, 1.54) is 0 Å². The maximum absolute atomic E-state index is 13.5. The first-order chi connectivity index (χ1) is 22.3. The van der Waals surface area contributed by atoms with Crippen molar-refractivity contribution >= 4 is 43.9 Å². The third-order valence-corrected chi connectivity index (χ3v) is 8.70. The Balaban J connectivity index is 1.19. The molecule has 12 heteroatoms. The topological polar surface area (TPSA) is 63.5 Å². The number of carbonyl (C=O) groups excluding carboxylic acids is 2. The summed E-state index contributed by atoms with van der Waals surface area (Å²) in [5, 5.41) is 2.80. The molecule has 1 atom stereocenters. The Morgan fingerprint density at radius 2 is 1.43 bits per heavy atom. The van der Waals surface area contributed by atoms with Crippen molar-refractivity contribution in [1.29, 1.82) is 0 Å². The predicted octanol–water partition coefficient (Wildman–Crippen LogP) is 9.25. The monoisotopic (exact) mass is 665 g/mol. The van der Waals surface area contributed by atoms with Crippen LogP contribution in [-0.2, 0) is 34.8 Å². The third-order valence-electron chi connectivity index (χ3n) is 7.67. The fraction of sp³-hybridized carbons (Fsp3) is 0.171. The normalized spacial score (nSPS) is 12.8. The highest BCUT2D eigenvalue weighted by Gasteiger charge is 2.37. The van der Waals surface area contributed by atoms with Crippen LogP contribution in [0.5, 0.6) is 0 Å². The molecule has 0 spiro atoms. The first-order valence-electron chi connectivity index (χ1n) is 14.5. The van der Waals surface area contributed by atoms with Gasteiger partial charge in [0.25, 0.3) is 0 Å². The van der Waals surface area contributed by atoms with Gasteiger partial charge in [-0.15, -0.1) is 0 Å². The van der Waals surface area contributed by atoms with Gasteiger partial charge in [0.1, 0.15) is 5.78 Å². The van der Waals surface area contributed by atoms with E-state index in [4.69, 9.17) is 4.98 Å². The highest BCUT2D eigenvalue weighted by atomic mass is 32.1. The summed E-state index contributed by atoms with van der Waals surface area (Å²) in [4.78, 5) is 32.1. The van der Waals surface area contributed by atoms with E-state index in [9.17, 15) is 35.9 Å². The largest absolute Gasteiger partial charge is 0.416 e. The van der Waals surface area contributed by atoms with Crippen LogP contribution in [0, 0.1) is 5.92 Å². The average Bonchev–Trinajstić information content (AvgIpc) is 3.59. The molecule has 5 nitrogen and oxygen atoms in total. The zero-order chi connectivity index (χ0) is 33.3. The zero-order valence-electron chi connectivity index (χ0n) is 24.4. The van der Waals surface area contributed by atoms with Gasteiger partial charge >= 0.3 is 12.4 Å². The van der Waals surface area contributed by atoms with Gasteiger partial charge in [-0.05, 0) is 60.0 Å². The van der Waals surface area contributed by atoms with E-state index < -0.39 is 59.5 Å². The first kappa shape index (κ1) is 32.0. The molecule has 4 aromatic carbocycles. The van der Waals surface area contributed by atoms with Crippen molar-refractivity contribution < 1.29 is 35.9 Å². The Hall–Kier alpha value is -4.97. The standard InChI is InChI=1S/C35H25F6N3O2S/c36-34(37,38)25-15-22(16-26(19-25)35(39,40)41)17-28(45)18-24(14-21-6-2-1-3-7-21)32(46)42-27-12-10-23(11-13-27)29-20-44-30-8-4-5-9-31(30)47-33(44)43-29/h1-13,15-16,19-20,24H,14,17-18H2,(H,42,46)/t24-/m1/s1. The van der Waals surface area contributed by atoms with Gasteiger partial charge in [-0.25, -0.2) is 4.98 Å². The van der Waals surface area contributed by atoms with Crippen LogP contribution >= 0.6 is 11.3 Å². The van der Waals surface area contributed by atoms with Crippen LogP contribution in [0.15, 0.2) is 103 Å². The number of imidazole rings is 1. The van der Waals surface area contributed by atoms with E-state index in [1.807, 2.05) is 34.9 Å². The number of alkyl halides is 6. The summed E-state index contributed by atoms with van der Waals surface area (Å²) in [7, 11) is 0. The van der Waals surface area contributed by atoms with Crippen molar-refractivity contribution in [2.24, 2.45) is 5.92 Å². The number of nitrogens with one attached hydrogen (secondary N) is 1.